The van der Waals surface area contributed by atoms with E-state index in [2.05, 4.69) is 0 Å². The predicted octanol–water partition coefficient (Wildman–Crippen LogP) is 5.83. The van der Waals surface area contributed by atoms with Crippen LogP contribution in [0.15, 0.2) is 78.9 Å². The Bertz CT molecular complexity index is 1200. The van der Waals surface area contributed by atoms with Gasteiger partial charge in [0.25, 0.3) is 0 Å². The maximum absolute atomic E-state index is 13.2. The Morgan fingerprint density at radius 3 is 2.28 bits per heavy atom. The molecule has 0 amide bonds. The lowest BCUT2D eigenvalue weighted by Gasteiger charge is -2.11. The average Bonchev–Trinajstić information content (AvgIpc) is 2.72. The van der Waals surface area contributed by atoms with Gasteiger partial charge in [-0.2, -0.15) is 0 Å². The summed E-state index contributed by atoms with van der Waals surface area (Å²) in [5.41, 5.74) is 3.71. The molecule has 144 valence electrons. The zero-order valence-corrected chi connectivity index (χ0v) is 15.6. The van der Waals surface area contributed by atoms with Crippen LogP contribution in [0.5, 0.6) is 5.75 Å². The highest BCUT2D eigenvalue weighted by atomic mass is 19.1. The summed E-state index contributed by atoms with van der Waals surface area (Å²) < 4.78 is 13.2. The number of halogens is 1. The predicted molar refractivity (Wildman–Crippen MR) is 112 cm³/mol. The molecule has 0 fully saturated rings. The van der Waals surface area contributed by atoms with Crippen molar-refractivity contribution in [2.24, 2.45) is 0 Å². The number of phenolic OH excluding ortho intramolecular Hbond substituents is 1. The van der Waals surface area contributed by atoms with Crippen molar-refractivity contribution < 1.29 is 19.4 Å². The van der Waals surface area contributed by atoms with Crippen molar-refractivity contribution in [1.82, 2.24) is 0 Å². The highest BCUT2D eigenvalue weighted by Crippen LogP contribution is 2.27. The largest absolute Gasteiger partial charge is 0.508 e. The Morgan fingerprint density at radius 1 is 0.793 bits per heavy atom. The van der Waals surface area contributed by atoms with E-state index in [1.807, 2.05) is 30.3 Å². The summed E-state index contributed by atoms with van der Waals surface area (Å²) in [4.78, 5) is 11.7. The van der Waals surface area contributed by atoms with Gasteiger partial charge >= 0.3 is 5.97 Å². The van der Waals surface area contributed by atoms with Gasteiger partial charge in [0.2, 0.25) is 0 Å². The summed E-state index contributed by atoms with van der Waals surface area (Å²) in [6.07, 6.45) is 1.17. The van der Waals surface area contributed by atoms with E-state index in [0.29, 0.717) is 12.8 Å². The zero-order chi connectivity index (χ0) is 20.4. The number of aryl methyl sites for hydroxylation is 2. The second kappa shape index (κ2) is 7.76. The summed E-state index contributed by atoms with van der Waals surface area (Å²) in [7, 11) is 0. The van der Waals surface area contributed by atoms with Gasteiger partial charge in [0.15, 0.2) is 0 Å². The first-order valence-corrected chi connectivity index (χ1v) is 9.34. The molecule has 4 aromatic rings. The van der Waals surface area contributed by atoms with Crippen LogP contribution in [0.25, 0.3) is 21.9 Å². The molecular weight excluding hydrogens is 367 g/mol. The van der Waals surface area contributed by atoms with Crippen molar-refractivity contribution in [3.8, 4) is 16.9 Å². The van der Waals surface area contributed by atoms with Crippen molar-refractivity contribution in [1.29, 1.82) is 0 Å². The summed E-state index contributed by atoms with van der Waals surface area (Å²) >= 11 is 0. The number of hydrogen-bond acceptors (Lipinski definition) is 2. The molecule has 0 aliphatic rings. The van der Waals surface area contributed by atoms with Gasteiger partial charge in [-0.25, -0.2) is 9.18 Å². The van der Waals surface area contributed by atoms with Gasteiger partial charge in [-0.15, -0.1) is 0 Å². The molecule has 0 saturated carbocycles. The zero-order valence-electron chi connectivity index (χ0n) is 15.6. The fourth-order valence-corrected chi connectivity index (χ4v) is 3.64. The number of hydrogen-bond donors (Lipinski definition) is 2. The van der Waals surface area contributed by atoms with Gasteiger partial charge in [0, 0.05) is 0 Å². The molecular formula is C25H19FO3. The Morgan fingerprint density at radius 2 is 1.52 bits per heavy atom. The second-order valence-electron chi connectivity index (χ2n) is 7.01. The summed E-state index contributed by atoms with van der Waals surface area (Å²) in [6, 6.07) is 22.5. The summed E-state index contributed by atoms with van der Waals surface area (Å²) in [5, 5.41) is 21.4. The molecule has 0 atom stereocenters. The molecule has 4 rings (SSSR count). The number of aromatic hydroxyl groups is 1. The Labute approximate surface area is 167 Å². The average molecular weight is 386 g/mol. The lowest BCUT2D eigenvalue weighted by molar-refractivity contribution is 0.0695. The number of rotatable bonds is 5. The van der Waals surface area contributed by atoms with Gasteiger partial charge in [-0.05, 0) is 76.2 Å². The van der Waals surface area contributed by atoms with Gasteiger partial charge in [-0.1, -0.05) is 48.5 Å². The molecule has 4 aromatic carbocycles. The van der Waals surface area contributed by atoms with Crippen LogP contribution in [0.3, 0.4) is 0 Å². The van der Waals surface area contributed by atoms with Crippen molar-refractivity contribution in [2.75, 3.05) is 0 Å². The molecule has 0 aromatic heterocycles. The lowest BCUT2D eigenvalue weighted by atomic mass is 9.93. The molecule has 0 unspecified atom stereocenters. The minimum atomic E-state index is -0.971. The molecule has 0 saturated heterocycles. The fourth-order valence-electron chi connectivity index (χ4n) is 3.64. The van der Waals surface area contributed by atoms with Crippen LogP contribution in [0, 0.1) is 5.82 Å². The number of carbonyl (C=O) groups is 1. The summed E-state index contributed by atoms with van der Waals surface area (Å²) in [5.74, 6) is -1.08. The normalized spacial score (nSPS) is 10.9. The molecule has 0 aliphatic heterocycles. The van der Waals surface area contributed by atoms with E-state index < -0.39 is 5.97 Å². The standard InChI is InChI=1S/C25H19FO3/c26-21-10-6-16(7-11-21)19-9-13-23(25(28)29)20(14-19)5-4-17-2-1-3-18-8-12-22(27)15-24(17)18/h1-3,6-15,27H,4-5H2,(H,28,29). The van der Waals surface area contributed by atoms with Crippen molar-refractivity contribution in [3.05, 3.63) is 101 Å². The van der Waals surface area contributed by atoms with Crippen LogP contribution < -0.4 is 0 Å². The number of carboxylic acids is 1. The Balaban J connectivity index is 1.69. The van der Waals surface area contributed by atoms with Gasteiger partial charge < -0.3 is 10.2 Å². The maximum atomic E-state index is 13.2. The molecule has 29 heavy (non-hydrogen) atoms. The molecule has 0 spiro atoms. The molecule has 0 heterocycles. The first kappa shape index (κ1) is 18.7. The van der Waals surface area contributed by atoms with Gasteiger partial charge in [-0.3, -0.25) is 0 Å². The van der Waals surface area contributed by atoms with Gasteiger partial charge in [0.05, 0.1) is 5.56 Å². The SMILES string of the molecule is O=C(O)c1ccc(-c2ccc(F)cc2)cc1CCc1cccc2ccc(O)cc12. The fraction of sp³-hybridized carbons (Fsp3) is 0.0800. The van der Waals surface area contributed by atoms with Crippen molar-refractivity contribution >= 4 is 16.7 Å². The van der Waals surface area contributed by atoms with E-state index in [1.54, 1.807) is 36.4 Å². The molecule has 2 N–H and O–H groups in total. The minimum absolute atomic E-state index is 0.203. The Hall–Kier alpha value is -3.66. The van der Waals surface area contributed by atoms with Crippen LogP contribution in [-0.2, 0) is 12.8 Å². The molecule has 3 nitrogen and oxygen atoms in total. The second-order valence-corrected chi connectivity index (χ2v) is 7.01. The van der Waals surface area contributed by atoms with Crippen LogP contribution in [0.4, 0.5) is 4.39 Å². The van der Waals surface area contributed by atoms with E-state index in [-0.39, 0.29) is 17.1 Å². The molecule has 0 aliphatic carbocycles. The minimum Gasteiger partial charge on any atom is -0.508 e. The number of carboxylic acid groups (broad SMARTS) is 1. The van der Waals surface area contributed by atoms with E-state index in [0.717, 1.165) is 33.0 Å². The van der Waals surface area contributed by atoms with E-state index in [4.69, 9.17) is 0 Å². The van der Waals surface area contributed by atoms with E-state index >= 15 is 0 Å². The number of phenols is 1. The number of fused-ring (bicyclic) bond motifs is 1. The quantitative estimate of drug-likeness (QED) is 0.453. The highest BCUT2D eigenvalue weighted by molar-refractivity contribution is 5.90. The smallest absolute Gasteiger partial charge is 0.335 e. The van der Waals surface area contributed by atoms with Crippen LogP contribution in [-0.4, -0.2) is 16.2 Å². The molecule has 0 bridgehead atoms. The third-order valence-electron chi connectivity index (χ3n) is 5.13. The topological polar surface area (TPSA) is 57.5 Å². The van der Waals surface area contributed by atoms with Gasteiger partial charge in [0.1, 0.15) is 11.6 Å². The summed E-state index contributed by atoms with van der Waals surface area (Å²) in [6.45, 7) is 0. The third kappa shape index (κ3) is 3.97. The van der Waals surface area contributed by atoms with E-state index in [9.17, 15) is 19.4 Å². The first-order valence-electron chi connectivity index (χ1n) is 9.34. The van der Waals surface area contributed by atoms with Crippen LogP contribution >= 0.6 is 0 Å². The number of benzene rings is 4. The van der Waals surface area contributed by atoms with Crippen LogP contribution in [0.2, 0.25) is 0 Å². The highest BCUT2D eigenvalue weighted by Gasteiger charge is 2.13. The number of aromatic carboxylic acids is 1. The third-order valence-corrected chi connectivity index (χ3v) is 5.13. The van der Waals surface area contributed by atoms with Crippen LogP contribution in [0.1, 0.15) is 21.5 Å². The maximum Gasteiger partial charge on any atom is 0.335 e. The lowest BCUT2D eigenvalue weighted by Crippen LogP contribution is -2.04. The Kier molecular flexibility index (Phi) is 5.00. The van der Waals surface area contributed by atoms with E-state index in [1.165, 1.54) is 12.1 Å². The first-order chi connectivity index (χ1) is 14.0. The van der Waals surface area contributed by atoms with Crippen molar-refractivity contribution in [3.63, 3.8) is 0 Å². The monoisotopic (exact) mass is 386 g/mol. The molecule has 0 radical (unpaired) electrons. The molecule has 4 heteroatoms. The van der Waals surface area contributed by atoms with Crippen molar-refractivity contribution in [2.45, 2.75) is 12.8 Å².